The van der Waals surface area contributed by atoms with Gasteiger partial charge in [-0.3, -0.25) is 9.59 Å². The van der Waals surface area contributed by atoms with Gasteiger partial charge < -0.3 is 14.7 Å². The smallest absolute Gasteiger partial charge is 0.303 e. The molecule has 4 aromatic carbocycles. The normalized spacial score (nSPS) is 14.1. The van der Waals surface area contributed by atoms with Gasteiger partial charge in [0, 0.05) is 30.1 Å². The van der Waals surface area contributed by atoms with Crippen LogP contribution in [0.25, 0.3) is 21.9 Å². The lowest BCUT2D eigenvalue weighted by atomic mass is 10.00. The van der Waals surface area contributed by atoms with E-state index in [2.05, 4.69) is 30.3 Å². The minimum absolute atomic E-state index is 0.156. The van der Waals surface area contributed by atoms with Crippen molar-refractivity contribution in [1.29, 1.82) is 0 Å². The lowest BCUT2D eigenvalue weighted by Crippen LogP contribution is -2.32. The Bertz CT molecular complexity index is 1460. The van der Waals surface area contributed by atoms with Crippen molar-refractivity contribution in [2.45, 2.75) is 51.1 Å². The molecule has 1 amide bonds. The summed E-state index contributed by atoms with van der Waals surface area (Å²) in [6, 6.07) is 29.0. The zero-order valence-corrected chi connectivity index (χ0v) is 21.4. The monoisotopic (exact) mass is 508 g/mol. The molecule has 194 valence electrons. The van der Waals surface area contributed by atoms with Crippen LogP contribution in [0, 0.1) is 0 Å². The molecular weight excluding hydrogens is 474 g/mol. The first kappa shape index (κ1) is 24.2. The Morgan fingerprint density at radius 3 is 2.32 bits per heavy atom. The van der Waals surface area contributed by atoms with Gasteiger partial charge in [0.15, 0.2) is 0 Å². The number of carbonyl (C=O) groups is 2. The van der Waals surface area contributed by atoms with Crippen molar-refractivity contribution in [3.8, 4) is 16.9 Å². The van der Waals surface area contributed by atoms with E-state index in [4.69, 9.17) is 11.2 Å². The van der Waals surface area contributed by atoms with E-state index >= 15 is 0 Å². The van der Waals surface area contributed by atoms with E-state index in [1.54, 1.807) is 4.90 Å². The fraction of sp³-hybridized carbons (Fsp3) is 0.273. The number of para-hydroxylation sites is 1. The molecule has 5 heteroatoms. The summed E-state index contributed by atoms with van der Waals surface area (Å²) in [6.45, 7) is 0.775. The van der Waals surface area contributed by atoms with Crippen molar-refractivity contribution < 1.29 is 20.8 Å². The van der Waals surface area contributed by atoms with Gasteiger partial charge in [0.2, 0.25) is 0 Å². The van der Waals surface area contributed by atoms with Crippen molar-refractivity contribution >= 4 is 22.6 Å². The lowest BCUT2D eigenvalue weighted by molar-refractivity contribution is -0.137. The van der Waals surface area contributed by atoms with Gasteiger partial charge in [-0.15, -0.1) is 0 Å². The molecule has 4 aromatic rings. The van der Waals surface area contributed by atoms with Gasteiger partial charge in [0.1, 0.15) is 5.75 Å². The minimum atomic E-state index is -0.905. The zero-order valence-electron chi connectivity index (χ0n) is 22.4. The van der Waals surface area contributed by atoms with Crippen molar-refractivity contribution in [3.05, 3.63) is 102 Å². The van der Waals surface area contributed by atoms with Gasteiger partial charge in [-0.05, 0) is 78.3 Å². The van der Waals surface area contributed by atoms with Crippen LogP contribution in [0.3, 0.4) is 0 Å². The molecule has 5 nitrogen and oxygen atoms in total. The summed E-state index contributed by atoms with van der Waals surface area (Å²) in [4.78, 5) is 26.0. The molecule has 0 spiro atoms. The predicted octanol–water partition coefficient (Wildman–Crippen LogP) is 7.34. The average molecular weight is 509 g/mol. The van der Waals surface area contributed by atoms with Crippen LogP contribution < -0.4 is 4.74 Å². The van der Waals surface area contributed by atoms with E-state index in [1.807, 2.05) is 60.7 Å². The highest BCUT2D eigenvalue weighted by atomic mass is 16.5. The Balaban J connectivity index is 1.28. The van der Waals surface area contributed by atoms with Gasteiger partial charge in [-0.2, -0.15) is 0 Å². The number of carboxylic acid groups (broad SMARTS) is 1. The number of hydrogen-bond acceptors (Lipinski definition) is 3. The molecule has 0 atom stereocenters. The summed E-state index contributed by atoms with van der Waals surface area (Å²) in [7, 11) is 0. The Kier molecular flexibility index (Phi) is 7.62. The summed E-state index contributed by atoms with van der Waals surface area (Å²) in [5, 5.41) is 11.2. The molecule has 1 aliphatic rings. The predicted molar refractivity (Wildman–Crippen MR) is 150 cm³/mol. The number of nitrogens with zero attached hydrogens (tertiary/aromatic N) is 1. The first-order valence-electron chi connectivity index (χ1n) is 13.8. The number of unbranched alkanes of at least 4 members (excludes halogenated alkanes) is 2. The standard InChI is InChI=1S/C33H33NO4/c35-32(36)12-2-1-7-21-38-31-11-6-5-10-29(31)23-34(30-19-20-30)33(37)26-16-13-25(14-17-26)28-18-15-24-8-3-4-9-27(24)22-28/h3-6,8-11,13-18,22,30H,1-2,7,12,19-21,23H2,(H,35,36)/i30D. The second-order valence-electron chi connectivity index (χ2n) is 9.76. The van der Waals surface area contributed by atoms with Crippen LogP contribution in [0.1, 0.15) is 55.8 Å². The number of amides is 1. The number of carboxylic acids is 1. The van der Waals surface area contributed by atoms with E-state index in [9.17, 15) is 9.59 Å². The second-order valence-corrected chi connectivity index (χ2v) is 9.76. The van der Waals surface area contributed by atoms with Gasteiger partial charge in [0.25, 0.3) is 5.91 Å². The van der Waals surface area contributed by atoms with E-state index in [1.165, 1.54) is 10.8 Å². The topological polar surface area (TPSA) is 66.8 Å². The van der Waals surface area contributed by atoms with Crippen LogP contribution in [0.5, 0.6) is 5.75 Å². The molecular formula is C33H33NO4. The van der Waals surface area contributed by atoms with E-state index in [0.717, 1.165) is 29.5 Å². The number of ether oxygens (including phenoxy) is 1. The van der Waals surface area contributed by atoms with E-state index in [0.29, 0.717) is 43.7 Å². The molecule has 0 saturated heterocycles. The summed E-state index contributed by atoms with van der Waals surface area (Å²) in [6.07, 6.45) is 3.65. The third-order valence-corrected chi connectivity index (χ3v) is 6.91. The van der Waals surface area contributed by atoms with Crippen molar-refractivity contribution in [2.75, 3.05) is 6.61 Å². The Morgan fingerprint density at radius 1 is 0.842 bits per heavy atom. The molecule has 1 aliphatic carbocycles. The summed E-state index contributed by atoms with van der Waals surface area (Å²) in [5.74, 6) is -0.237. The van der Waals surface area contributed by atoms with Crippen molar-refractivity contribution in [1.82, 2.24) is 4.90 Å². The molecule has 1 saturated carbocycles. The molecule has 1 N–H and O–H groups in total. The Labute approximate surface area is 225 Å². The van der Waals surface area contributed by atoms with Crippen LogP contribution in [0.4, 0.5) is 0 Å². The van der Waals surface area contributed by atoms with Gasteiger partial charge >= 0.3 is 5.97 Å². The molecule has 0 heterocycles. The maximum atomic E-state index is 13.7. The molecule has 0 radical (unpaired) electrons. The maximum absolute atomic E-state index is 13.7. The van der Waals surface area contributed by atoms with Crippen molar-refractivity contribution in [2.24, 2.45) is 0 Å². The molecule has 1 fully saturated rings. The number of hydrogen-bond donors (Lipinski definition) is 1. The van der Waals surface area contributed by atoms with Crippen LogP contribution in [0.15, 0.2) is 91.0 Å². The highest BCUT2D eigenvalue weighted by Gasteiger charge is 2.33. The molecule has 0 aliphatic heterocycles. The molecule has 0 bridgehead atoms. The van der Waals surface area contributed by atoms with Crippen molar-refractivity contribution in [3.63, 3.8) is 0 Å². The third-order valence-electron chi connectivity index (χ3n) is 6.91. The van der Waals surface area contributed by atoms with E-state index < -0.39 is 12.0 Å². The summed E-state index contributed by atoms with van der Waals surface area (Å²) >= 11 is 0. The molecule has 0 aromatic heterocycles. The SMILES string of the molecule is [2H]C1(N(Cc2ccccc2OCCCCCC(=O)O)C(=O)c2ccc(-c3ccc4ccccc4c3)cc2)CC1. The number of rotatable bonds is 12. The van der Waals surface area contributed by atoms with Crippen LogP contribution in [-0.2, 0) is 11.3 Å². The highest BCUT2D eigenvalue weighted by molar-refractivity contribution is 5.95. The summed E-state index contributed by atoms with van der Waals surface area (Å²) < 4.78 is 14.8. The van der Waals surface area contributed by atoms with Gasteiger partial charge in [-0.1, -0.05) is 66.7 Å². The molecule has 38 heavy (non-hydrogen) atoms. The van der Waals surface area contributed by atoms with Crippen LogP contribution in [-0.4, -0.2) is 34.5 Å². The van der Waals surface area contributed by atoms with Gasteiger partial charge in [-0.25, -0.2) is 0 Å². The first-order chi connectivity index (χ1) is 18.9. The lowest BCUT2D eigenvalue weighted by Gasteiger charge is -2.24. The quantitative estimate of drug-likeness (QED) is 0.203. The molecule has 0 unspecified atom stereocenters. The van der Waals surface area contributed by atoms with Gasteiger partial charge in [0.05, 0.1) is 7.98 Å². The Hall–Kier alpha value is -4.12. The fourth-order valence-electron chi connectivity index (χ4n) is 4.67. The number of fused-ring (bicyclic) bond motifs is 1. The first-order valence-corrected chi connectivity index (χ1v) is 13.3. The third kappa shape index (κ3) is 6.41. The molecule has 5 rings (SSSR count). The zero-order chi connectivity index (χ0) is 27.2. The maximum Gasteiger partial charge on any atom is 0.303 e. The van der Waals surface area contributed by atoms with Crippen LogP contribution in [0.2, 0.25) is 0 Å². The fourth-order valence-corrected chi connectivity index (χ4v) is 4.67. The largest absolute Gasteiger partial charge is 0.493 e. The Morgan fingerprint density at radius 2 is 1.55 bits per heavy atom. The minimum Gasteiger partial charge on any atom is -0.493 e. The summed E-state index contributed by atoms with van der Waals surface area (Å²) in [5.41, 5.74) is 3.56. The van der Waals surface area contributed by atoms with Crippen LogP contribution >= 0.6 is 0 Å². The average Bonchev–Trinajstić information content (AvgIpc) is 3.71. The second kappa shape index (κ2) is 12.0. The number of carbonyl (C=O) groups excluding carboxylic acids is 1. The number of benzene rings is 4. The number of aliphatic carboxylic acids is 1. The van der Waals surface area contributed by atoms with E-state index in [-0.39, 0.29) is 12.3 Å². The highest BCUT2D eigenvalue weighted by Crippen LogP contribution is 2.32.